The Labute approximate surface area is 82.1 Å². The fraction of sp³-hybridized carbons (Fsp3) is 0.333. The summed E-state index contributed by atoms with van der Waals surface area (Å²) in [5.41, 5.74) is 10.8. The van der Waals surface area contributed by atoms with Gasteiger partial charge in [-0.25, -0.2) is 0 Å². The lowest BCUT2D eigenvalue weighted by Gasteiger charge is -2.19. The van der Waals surface area contributed by atoms with Crippen LogP contribution in [0.25, 0.3) is 0 Å². The van der Waals surface area contributed by atoms with E-state index in [0.29, 0.717) is 12.1 Å². The second kappa shape index (κ2) is 5.18. The topological polar surface area (TPSA) is 106 Å². The van der Waals surface area contributed by atoms with Crippen molar-refractivity contribution in [2.75, 3.05) is 0 Å². The number of aldehydes is 1. The van der Waals surface area contributed by atoms with Crippen molar-refractivity contribution in [1.82, 2.24) is 0 Å². The zero-order valence-corrected chi connectivity index (χ0v) is 7.93. The molecule has 0 radical (unpaired) electrons. The second-order valence-corrected chi connectivity index (χ2v) is 2.99. The molecule has 1 unspecified atom stereocenters. The van der Waals surface area contributed by atoms with Crippen molar-refractivity contribution in [1.29, 1.82) is 0 Å². The Kier molecular flexibility index (Phi) is 4.58. The number of carbonyl (C=O) groups is 2. The Morgan fingerprint density at radius 2 is 2.21 bits per heavy atom. The molecule has 0 aromatic rings. The summed E-state index contributed by atoms with van der Waals surface area (Å²) < 4.78 is 0. The van der Waals surface area contributed by atoms with Crippen molar-refractivity contribution in [3.8, 4) is 0 Å². The van der Waals surface area contributed by atoms with Crippen LogP contribution < -0.4 is 11.5 Å². The van der Waals surface area contributed by atoms with Crippen molar-refractivity contribution < 1.29 is 14.7 Å². The summed E-state index contributed by atoms with van der Waals surface area (Å²) in [5.74, 6) is -0.833. The standard InChI is InChI=1S/C7H10N2O.C2H4O2/c8-6-1-3-7(9,5-10)4-2-6;1-2(3)4/h1-3,5H,4,8-9H2;1H3,(H,3,4). The lowest BCUT2D eigenvalue weighted by atomic mass is 9.93. The number of carboxylic acids is 1. The van der Waals surface area contributed by atoms with Gasteiger partial charge in [-0.05, 0) is 12.5 Å². The molecule has 0 heterocycles. The summed E-state index contributed by atoms with van der Waals surface area (Å²) in [6.07, 6.45) is 6.24. The lowest BCUT2D eigenvalue weighted by Crippen LogP contribution is -2.40. The Bertz CT molecular complexity index is 280. The highest BCUT2D eigenvalue weighted by Gasteiger charge is 2.20. The van der Waals surface area contributed by atoms with Crippen molar-refractivity contribution in [3.63, 3.8) is 0 Å². The van der Waals surface area contributed by atoms with Gasteiger partial charge in [-0.3, -0.25) is 4.79 Å². The summed E-state index contributed by atoms with van der Waals surface area (Å²) in [4.78, 5) is 19.3. The molecule has 0 spiro atoms. The predicted octanol–water partition coefficient (Wildman–Crippen LogP) is -0.224. The van der Waals surface area contributed by atoms with E-state index in [-0.39, 0.29) is 0 Å². The fourth-order valence-electron chi connectivity index (χ4n) is 0.769. The van der Waals surface area contributed by atoms with Gasteiger partial charge in [0.25, 0.3) is 5.97 Å². The zero-order chi connectivity index (χ0) is 11.2. The first-order valence-corrected chi connectivity index (χ1v) is 3.99. The average molecular weight is 198 g/mol. The maximum Gasteiger partial charge on any atom is 0.300 e. The molecule has 0 fully saturated rings. The molecular formula is C9H14N2O3. The van der Waals surface area contributed by atoms with Gasteiger partial charge in [0, 0.05) is 12.6 Å². The molecule has 0 saturated heterocycles. The van der Waals surface area contributed by atoms with Gasteiger partial charge in [-0.1, -0.05) is 12.2 Å². The SMILES string of the molecule is CC(=O)O.NC1=CCC(N)(C=O)C=C1. The molecule has 14 heavy (non-hydrogen) atoms. The minimum absolute atomic E-state index is 0.499. The number of hydrogen-bond donors (Lipinski definition) is 3. The van der Waals surface area contributed by atoms with Gasteiger partial charge in [0.15, 0.2) is 0 Å². The Morgan fingerprint density at radius 3 is 2.50 bits per heavy atom. The zero-order valence-electron chi connectivity index (χ0n) is 7.93. The minimum Gasteiger partial charge on any atom is -0.481 e. The molecular weight excluding hydrogens is 184 g/mol. The van der Waals surface area contributed by atoms with Gasteiger partial charge in [0.1, 0.15) is 6.29 Å². The van der Waals surface area contributed by atoms with Crippen LogP contribution >= 0.6 is 0 Å². The van der Waals surface area contributed by atoms with Crippen LogP contribution in [0.15, 0.2) is 23.9 Å². The molecule has 5 heteroatoms. The monoisotopic (exact) mass is 198 g/mol. The molecule has 1 aliphatic rings. The maximum atomic E-state index is 10.3. The molecule has 5 N–H and O–H groups in total. The van der Waals surface area contributed by atoms with E-state index >= 15 is 0 Å². The molecule has 1 atom stereocenters. The number of allylic oxidation sites excluding steroid dienone is 1. The van der Waals surface area contributed by atoms with E-state index in [4.69, 9.17) is 21.4 Å². The third kappa shape index (κ3) is 5.10. The molecule has 5 nitrogen and oxygen atoms in total. The highest BCUT2D eigenvalue weighted by molar-refractivity contribution is 5.69. The van der Waals surface area contributed by atoms with Gasteiger partial charge >= 0.3 is 0 Å². The van der Waals surface area contributed by atoms with Crippen molar-refractivity contribution in [2.24, 2.45) is 11.5 Å². The Morgan fingerprint density at radius 1 is 1.71 bits per heavy atom. The van der Waals surface area contributed by atoms with Gasteiger partial charge in [-0.15, -0.1) is 0 Å². The molecule has 1 aliphatic carbocycles. The predicted molar refractivity (Wildman–Crippen MR) is 52.3 cm³/mol. The third-order valence-electron chi connectivity index (χ3n) is 1.50. The smallest absolute Gasteiger partial charge is 0.300 e. The maximum absolute atomic E-state index is 10.3. The molecule has 0 aromatic heterocycles. The Hall–Kier alpha value is -1.62. The summed E-state index contributed by atoms with van der Waals surface area (Å²) in [7, 11) is 0. The number of nitrogens with two attached hydrogens (primary N) is 2. The van der Waals surface area contributed by atoms with E-state index in [1.807, 2.05) is 0 Å². The van der Waals surface area contributed by atoms with Gasteiger partial charge in [0.2, 0.25) is 0 Å². The van der Waals surface area contributed by atoms with E-state index in [0.717, 1.165) is 13.2 Å². The first-order chi connectivity index (χ1) is 6.39. The van der Waals surface area contributed by atoms with Crippen molar-refractivity contribution in [2.45, 2.75) is 18.9 Å². The van der Waals surface area contributed by atoms with Crippen LogP contribution in [-0.4, -0.2) is 22.9 Å². The first-order valence-electron chi connectivity index (χ1n) is 3.99. The van der Waals surface area contributed by atoms with Crippen LogP contribution in [0.5, 0.6) is 0 Å². The third-order valence-corrected chi connectivity index (χ3v) is 1.50. The second-order valence-electron chi connectivity index (χ2n) is 2.99. The van der Waals surface area contributed by atoms with E-state index in [9.17, 15) is 4.79 Å². The van der Waals surface area contributed by atoms with E-state index in [2.05, 4.69) is 0 Å². The van der Waals surface area contributed by atoms with Crippen molar-refractivity contribution in [3.05, 3.63) is 23.9 Å². The Balaban J connectivity index is 0.000000364. The molecule has 78 valence electrons. The number of hydrogen-bond acceptors (Lipinski definition) is 4. The highest BCUT2D eigenvalue weighted by Crippen LogP contribution is 2.13. The van der Waals surface area contributed by atoms with Gasteiger partial charge in [0.05, 0.1) is 5.54 Å². The largest absolute Gasteiger partial charge is 0.481 e. The fourth-order valence-corrected chi connectivity index (χ4v) is 0.769. The van der Waals surface area contributed by atoms with Gasteiger partial charge < -0.3 is 21.4 Å². The van der Waals surface area contributed by atoms with Crippen LogP contribution in [0, 0.1) is 0 Å². The summed E-state index contributed by atoms with van der Waals surface area (Å²) in [6, 6.07) is 0. The van der Waals surface area contributed by atoms with E-state index in [1.54, 1.807) is 18.2 Å². The molecule has 1 rings (SSSR count). The van der Waals surface area contributed by atoms with Crippen molar-refractivity contribution >= 4 is 12.3 Å². The number of aliphatic carboxylic acids is 1. The minimum atomic E-state index is -0.833. The normalized spacial score (nSPS) is 24.3. The summed E-state index contributed by atoms with van der Waals surface area (Å²) >= 11 is 0. The summed E-state index contributed by atoms with van der Waals surface area (Å²) in [6.45, 7) is 1.08. The molecule has 0 aliphatic heterocycles. The molecule has 0 amide bonds. The average Bonchev–Trinajstić information content (AvgIpc) is 2.10. The summed E-state index contributed by atoms with van der Waals surface area (Å²) in [5, 5.41) is 7.42. The lowest BCUT2D eigenvalue weighted by molar-refractivity contribution is -0.134. The number of rotatable bonds is 1. The molecule has 0 bridgehead atoms. The van der Waals surface area contributed by atoms with Crippen LogP contribution in [-0.2, 0) is 9.59 Å². The van der Waals surface area contributed by atoms with Crippen LogP contribution in [0.4, 0.5) is 0 Å². The number of carboxylic acid groups (broad SMARTS) is 1. The van der Waals surface area contributed by atoms with Crippen LogP contribution in [0.2, 0.25) is 0 Å². The van der Waals surface area contributed by atoms with Gasteiger partial charge in [-0.2, -0.15) is 0 Å². The quantitative estimate of drug-likeness (QED) is 0.505. The first kappa shape index (κ1) is 12.4. The highest BCUT2D eigenvalue weighted by atomic mass is 16.4. The molecule has 0 aromatic carbocycles. The number of carbonyl (C=O) groups excluding carboxylic acids is 1. The van der Waals surface area contributed by atoms with Crippen LogP contribution in [0.1, 0.15) is 13.3 Å². The van der Waals surface area contributed by atoms with Crippen LogP contribution in [0.3, 0.4) is 0 Å². The molecule has 0 saturated carbocycles. The van der Waals surface area contributed by atoms with E-state index in [1.165, 1.54) is 0 Å². The van der Waals surface area contributed by atoms with E-state index < -0.39 is 11.5 Å².